The summed E-state index contributed by atoms with van der Waals surface area (Å²) in [5.74, 6) is -2.88. The lowest BCUT2D eigenvalue weighted by Gasteiger charge is -2.29. The van der Waals surface area contributed by atoms with Gasteiger partial charge in [0.15, 0.2) is 5.78 Å². The van der Waals surface area contributed by atoms with E-state index in [9.17, 15) is 27.6 Å². The van der Waals surface area contributed by atoms with Crippen LogP contribution in [0.15, 0.2) is 30.4 Å². The highest BCUT2D eigenvalue weighted by Crippen LogP contribution is 2.57. The smallest absolute Gasteiger partial charge is 0.307 e. The number of sulfonamides is 1. The predicted molar refractivity (Wildman–Crippen MR) is 236 cm³/mol. The maximum absolute atomic E-state index is 14.8. The molecule has 2 aliphatic carbocycles. The van der Waals surface area contributed by atoms with Gasteiger partial charge in [-0.25, -0.2) is 13.4 Å². The molecule has 4 aliphatic rings. The monoisotopic (exact) mass is 877 g/mol. The van der Waals surface area contributed by atoms with Crippen LogP contribution in [0.2, 0.25) is 0 Å². The molecule has 1 N–H and O–H groups in total. The fraction of sp³-hybridized carbons (Fsp3) is 0.652. The molecule has 0 radical (unpaired) electrons. The highest BCUT2D eigenvalue weighted by Gasteiger charge is 2.62. The maximum atomic E-state index is 14.8. The first-order valence-corrected chi connectivity index (χ1v) is 24.5. The predicted octanol–water partition coefficient (Wildman–Crippen LogP) is 8.18. The van der Waals surface area contributed by atoms with Crippen LogP contribution in [-0.4, -0.2) is 80.5 Å². The van der Waals surface area contributed by atoms with Crippen molar-refractivity contribution in [1.82, 2.24) is 24.2 Å². The van der Waals surface area contributed by atoms with E-state index < -0.39 is 55.7 Å². The van der Waals surface area contributed by atoms with Crippen LogP contribution in [0, 0.1) is 24.2 Å². The van der Waals surface area contributed by atoms with Crippen molar-refractivity contribution in [2.45, 2.75) is 167 Å². The third-order valence-corrected chi connectivity index (χ3v) is 16.1. The molecule has 2 amide bonds. The topological polar surface area (TPSA) is 167 Å². The van der Waals surface area contributed by atoms with Gasteiger partial charge in [-0.2, -0.15) is 4.98 Å². The molecule has 1 aromatic carbocycles. The second-order valence-electron chi connectivity index (χ2n) is 19.3. The van der Waals surface area contributed by atoms with Crippen LogP contribution in [0.25, 0.3) is 21.6 Å². The number of esters is 1. The van der Waals surface area contributed by atoms with Crippen molar-refractivity contribution >= 4 is 56.0 Å². The minimum atomic E-state index is -3.95. The van der Waals surface area contributed by atoms with E-state index in [2.05, 4.69) is 32.4 Å². The molecule has 3 fully saturated rings. The lowest BCUT2D eigenvalue weighted by molar-refractivity contribution is -0.159. The Hall–Kier alpha value is -4.11. The van der Waals surface area contributed by atoms with E-state index >= 15 is 0 Å². The number of aryl methyl sites for hydroxylation is 2. The summed E-state index contributed by atoms with van der Waals surface area (Å²) in [6, 6.07) is 5.36. The molecule has 0 spiro atoms. The number of carbonyl (C=O) groups is 4. The van der Waals surface area contributed by atoms with E-state index in [-0.39, 0.29) is 49.5 Å². The molecule has 61 heavy (non-hydrogen) atoms. The first-order chi connectivity index (χ1) is 28.8. The summed E-state index contributed by atoms with van der Waals surface area (Å²) in [7, 11) is -3.95. The zero-order valence-corrected chi connectivity index (χ0v) is 38.7. The number of para-hydroxylation sites is 1. The number of fused-ring (bicyclic) bond motifs is 3. The zero-order valence-electron chi connectivity index (χ0n) is 37.0. The normalized spacial score (nSPS) is 26.3. The highest BCUT2D eigenvalue weighted by atomic mass is 32.2. The fourth-order valence-corrected chi connectivity index (χ4v) is 11.3. The number of amides is 2. The van der Waals surface area contributed by atoms with E-state index in [1.807, 2.05) is 34.9 Å². The molecule has 4 heterocycles. The van der Waals surface area contributed by atoms with E-state index in [1.54, 1.807) is 43.9 Å². The van der Waals surface area contributed by atoms with Crippen LogP contribution in [0.3, 0.4) is 0 Å². The van der Waals surface area contributed by atoms with Crippen molar-refractivity contribution in [2.75, 3.05) is 6.54 Å². The van der Waals surface area contributed by atoms with E-state index in [1.165, 1.54) is 4.88 Å². The largest absolute Gasteiger partial charge is 0.460 e. The van der Waals surface area contributed by atoms with Crippen molar-refractivity contribution in [3.8, 4) is 16.6 Å². The Morgan fingerprint density at radius 3 is 2.54 bits per heavy atom. The van der Waals surface area contributed by atoms with Crippen LogP contribution in [0.1, 0.15) is 142 Å². The summed E-state index contributed by atoms with van der Waals surface area (Å²) in [6.07, 6.45) is 9.77. The Morgan fingerprint density at radius 1 is 1.10 bits per heavy atom. The lowest BCUT2D eigenvalue weighted by Crippen LogP contribution is -2.47. The minimum Gasteiger partial charge on any atom is -0.460 e. The number of thiazole rings is 1. The second kappa shape index (κ2) is 17.2. The number of Topliss-reactive ketones (excluding diaryl/α,β-unsaturated/α-hetero) is 1. The molecule has 2 aliphatic heterocycles. The number of nitrogens with zero attached hydrogens (tertiary/aromatic N) is 4. The number of ketones is 1. The summed E-state index contributed by atoms with van der Waals surface area (Å²) >= 11 is 1.64. The van der Waals surface area contributed by atoms with Crippen molar-refractivity contribution in [1.29, 1.82) is 0 Å². The number of hydrogen-bond donors (Lipinski definition) is 1. The molecule has 15 heteroatoms. The molecular formula is C46H63N5O8S2. The van der Waals surface area contributed by atoms with Gasteiger partial charge in [0.05, 0.1) is 40.4 Å². The van der Waals surface area contributed by atoms with Gasteiger partial charge in [0.1, 0.15) is 22.2 Å². The van der Waals surface area contributed by atoms with Crippen molar-refractivity contribution in [2.24, 2.45) is 17.3 Å². The fourth-order valence-electron chi connectivity index (χ4n) is 9.02. The Bertz CT molecular complexity index is 2320. The van der Waals surface area contributed by atoms with Crippen LogP contribution in [-0.2, 0) is 40.4 Å². The van der Waals surface area contributed by atoms with E-state index in [0.717, 1.165) is 59.4 Å². The first-order valence-electron chi connectivity index (χ1n) is 22.2. The van der Waals surface area contributed by atoms with Gasteiger partial charge < -0.3 is 14.4 Å². The van der Waals surface area contributed by atoms with Gasteiger partial charge in [-0.15, -0.1) is 11.3 Å². The number of benzene rings is 1. The van der Waals surface area contributed by atoms with Gasteiger partial charge in [-0.1, -0.05) is 44.4 Å². The summed E-state index contributed by atoms with van der Waals surface area (Å²) in [6.45, 7) is 15.4. The molecule has 0 bridgehead atoms. The Labute approximate surface area is 364 Å². The van der Waals surface area contributed by atoms with E-state index in [4.69, 9.17) is 19.4 Å². The molecule has 0 unspecified atom stereocenters. The molecule has 1 saturated heterocycles. The second-order valence-corrected chi connectivity index (χ2v) is 22.7. The van der Waals surface area contributed by atoms with Crippen molar-refractivity contribution < 1.29 is 37.1 Å². The number of aromatic nitrogens is 3. The molecule has 2 aromatic heterocycles. The minimum absolute atomic E-state index is 0.0512. The average molecular weight is 878 g/mol. The quantitative estimate of drug-likeness (QED) is 0.147. The number of carbonyl (C=O) groups excluding carboxylic acids is 4. The molecule has 3 aromatic rings. The molecular weight excluding hydrogens is 815 g/mol. The van der Waals surface area contributed by atoms with E-state index in [0.29, 0.717) is 38.1 Å². The highest BCUT2D eigenvalue weighted by molar-refractivity contribution is 7.91. The summed E-state index contributed by atoms with van der Waals surface area (Å²) in [5, 5.41) is 0.885. The summed E-state index contributed by atoms with van der Waals surface area (Å²) in [5.41, 5.74) is 1.61. The van der Waals surface area contributed by atoms with Crippen molar-refractivity contribution in [3.63, 3.8) is 0 Å². The third-order valence-electron chi connectivity index (χ3n) is 12.9. The molecule has 13 nitrogen and oxygen atoms in total. The van der Waals surface area contributed by atoms with Gasteiger partial charge in [-0.3, -0.25) is 28.5 Å². The van der Waals surface area contributed by atoms with Gasteiger partial charge in [0.25, 0.3) is 6.01 Å². The Kier molecular flexibility index (Phi) is 12.7. The number of imidazole rings is 1. The molecule has 5 atom stereocenters. The number of allylic oxidation sites excluding steroid dienone is 2. The molecule has 332 valence electrons. The lowest BCUT2D eigenvalue weighted by atomic mass is 9.90. The third kappa shape index (κ3) is 9.47. The number of rotatable bonds is 11. The average Bonchev–Trinajstić information content (AvgIpc) is 3.91. The summed E-state index contributed by atoms with van der Waals surface area (Å²) < 4.78 is 42.4. The van der Waals surface area contributed by atoms with Gasteiger partial charge in [0.2, 0.25) is 21.8 Å². The van der Waals surface area contributed by atoms with Crippen LogP contribution in [0.4, 0.5) is 0 Å². The Balaban J connectivity index is 1.23. The van der Waals surface area contributed by atoms with Gasteiger partial charge in [-0.05, 0) is 111 Å². The SMILES string of the molecule is CCCc1nc(-c2cccc3c2nc(O[C@@H]2C[C@H]4C(=O)C[C@]5(C(=O)NS(=O)(=O)C6(C)CC6)C[C@H]5/C=C\CCCCC[C@H](CC(=O)OC(C)(C)C)C(=O)N4C2)n3C(C)C)sc1C. The van der Waals surface area contributed by atoms with Crippen LogP contribution < -0.4 is 9.46 Å². The molecule has 7 rings (SSSR count). The zero-order chi connectivity index (χ0) is 44.1. The Morgan fingerprint density at radius 2 is 1.85 bits per heavy atom. The first kappa shape index (κ1) is 44.9. The van der Waals surface area contributed by atoms with Gasteiger partial charge in [0, 0.05) is 35.2 Å². The van der Waals surface area contributed by atoms with Crippen LogP contribution >= 0.6 is 11.3 Å². The standard InChI is InChI=1S/C46H63N5O8S2/c1-9-16-34-29(4)60-40(47-34)33-19-15-20-35-39(33)48-43(51(35)28(2)3)58-32-24-36-37(52)26-46(42(55)49-61(56,57)45(8)21-22-45)25-31(46)18-14-12-10-11-13-17-30(41(54)50(36)27-32)23-38(53)59-44(5,6)7/h14-15,18-20,28,30-32,36H,9-13,16-17,21-27H2,1-8H3,(H,49,55)/b18-14-/t30-,31-,32-,36+,46-/m1/s1. The summed E-state index contributed by atoms with van der Waals surface area (Å²) in [4.78, 5) is 69.7. The van der Waals surface area contributed by atoms with Gasteiger partial charge >= 0.3 is 5.97 Å². The number of nitrogens with one attached hydrogen (secondary N) is 1. The van der Waals surface area contributed by atoms with Crippen LogP contribution in [0.5, 0.6) is 6.01 Å². The number of hydrogen-bond acceptors (Lipinski definition) is 11. The molecule has 2 saturated carbocycles. The number of ether oxygens (including phenoxy) is 2. The van der Waals surface area contributed by atoms with Crippen molar-refractivity contribution in [3.05, 3.63) is 40.9 Å². The maximum Gasteiger partial charge on any atom is 0.307 e.